The lowest BCUT2D eigenvalue weighted by Gasteiger charge is -2.13. The Morgan fingerprint density at radius 2 is 1.63 bits per heavy atom. The second-order valence-electron chi connectivity index (χ2n) is 6.39. The van der Waals surface area contributed by atoms with Gasteiger partial charge in [-0.1, -0.05) is 30.3 Å². The molecule has 4 rings (SSSR count). The summed E-state index contributed by atoms with van der Waals surface area (Å²) in [4.78, 5) is 4.96. The van der Waals surface area contributed by atoms with Gasteiger partial charge in [0.15, 0.2) is 0 Å². The van der Waals surface area contributed by atoms with Crippen molar-refractivity contribution in [3.8, 4) is 10.6 Å². The van der Waals surface area contributed by atoms with Crippen LogP contribution >= 0.6 is 11.3 Å². The molecule has 0 spiro atoms. The summed E-state index contributed by atoms with van der Waals surface area (Å²) < 4.78 is 29.3. The van der Waals surface area contributed by atoms with E-state index in [9.17, 15) is 8.42 Å². The van der Waals surface area contributed by atoms with E-state index in [1.807, 2.05) is 49.4 Å². The molecule has 136 valence electrons. The van der Waals surface area contributed by atoms with Gasteiger partial charge in [0.2, 0.25) is 0 Å². The average molecular weight is 395 g/mol. The van der Waals surface area contributed by atoms with E-state index in [1.54, 1.807) is 42.5 Å². The zero-order valence-corrected chi connectivity index (χ0v) is 16.6. The summed E-state index contributed by atoms with van der Waals surface area (Å²) in [5, 5.41) is 0.924. The quantitative estimate of drug-likeness (QED) is 0.505. The molecule has 4 aromatic rings. The third-order valence-electron chi connectivity index (χ3n) is 4.39. The topological polar surface area (TPSA) is 59.1 Å². The van der Waals surface area contributed by atoms with E-state index in [1.165, 1.54) is 0 Å². The SMILES string of the molecule is Cc1cc(-c2nc3ccccc3s2)ccc1NS(=O)(=O)c1ccccc1C. The standard InChI is InChI=1S/C21H18N2O2S2/c1-14-7-3-6-10-20(14)27(24,25)23-17-12-11-16(13-15(17)2)21-22-18-8-4-5-9-19(18)26-21/h3-13,23H,1-2H3. The first-order valence-electron chi connectivity index (χ1n) is 8.49. The summed E-state index contributed by atoms with van der Waals surface area (Å²) in [6.45, 7) is 3.68. The molecule has 3 aromatic carbocycles. The van der Waals surface area contributed by atoms with Crippen molar-refractivity contribution in [1.82, 2.24) is 4.98 Å². The number of hydrogen-bond donors (Lipinski definition) is 1. The van der Waals surface area contributed by atoms with Gasteiger partial charge in [-0.25, -0.2) is 13.4 Å². The number of sulfonamides is 1. The fourth-order valence-electron chi connectivity index (χ4n) is 2.96. The van der Waals surface area contributed by atoms with E-state index in [0.29, 0.717) is 16.1 Å². The summed E-state index contributed by atoms with van der Waals surface area (Å²) >= 11 is 1.63. The van der Waals surface area contributed by atoms with Crippen LogP contribution in [0.1, 0.15) is 11.1 Å². The highest BCUT2D eigenvalue weighted by atomic mass is 32.2. The Labute approximate surface area is 162 Å². The number of rotatable bonds is 4. The number of aryl methyl sites for hydroxylation is 2. The molecule has 0 atom stereocenters. The Balaban J connectivity index is 1.67. The molecule has 0 saturated carbocycles. The molecule has 0 radical (unpaired) electrons. The zero-order valence-electron chi connectivity index (χ0n) is 14.9. The summed E-state index contributed by atoms with van der Waals surface area (Å²) in [7, 11) is -3.63. The van der Waals surface area contributed by atoms with Crippen LogP contribution in [0.3, 0.4) is 0 Å². The Morgan fingerprint density at radius 3 is 2.37 bits per heavy atom. The van der Waals surface area contributed by atoms with Crippen LogP contribution < -0.4 is 4.72 Å². The lowest BCUT2D eigenvalue weighted by molar-refractivity contribution is 0.600. The predicted octanol–water partition coefficient (Wildman–Crippen LogP) is 5.38. The number of fused-ring (bicyclic) bond motifs is 1. The Bertz CT molecular complexity index is 1210. The van der Waals surface area contributed by atoms with Crippen LogP contribution in [0.5, 0.6) is 0 Å². The van der Waals surface area contributed by atoms with Gasteiger partial charge in [0, 0.05) is 5.56 Å². The smallest absolute Gasteiger partial charge is 0.262 e. The van der Waals surface area contributed by atoms with Crippen LogP contribution in [-0.4, -0.2) is 13.4 Å². The maximum absolute atomic E-state index is 12.7. The molecule has 4 nitrogen and oxygen atoms in total. The van der Waals surface area contributed by atoms with Crippen LogP contribution in [0.4, 0.5) is 5.69 Å². The zero-order chi connectivity index (χ0) is 19.0. The molecule has 0 saturated heterocycles. The van der Waals surface area contributed by atoms with Crippen molar-refractivity contribution in [3.05, 3.63) is 77.9 Å². The molecule has 1 heterocycles. The number of benzene rings is 3. The van der Waals surface area contributed by atoms with Gasteiger partial charge in [-0.15, -0.1) is 11.3 Å². The summed E-state index contributed by atoms with van der Waals surface area (Å²) in [5.41, 5.74) is 4.09. The number of anilines is 1. The van der Waals surface area contributed by atoms with Gasteiger partial charge in [0.05, 0.1) is 20.8 Å². The number of hydrogen-bond acceptors (Lipinski definition) is 4. The second kappa shape index (κ2) is 6.79. The molecular weight excluding hydrogens is 376 g/mol. The van der Waals surface area contributed by atoms with Crippen molar-refractivity contribution >= 4 is 37.3 Å². The molecule has 27 heavy (non-hydrogen) atoms. The van der Waals surface area contributed by atoms with Gasteiger partial charge >= 0.3 is 0 Å². The lowest BCUT2D eigenvalue weighted by atomic mass is 10.1. The normalized spacial score (nSPS) is 11.6. The van der Waals surface area contributed by atoms with Crippen molar-refractivity contribution in [3.63, 3.8) is 0 Å². The largest absolute Gasteiger partial charge is 0.279 e. The summed E-state index contributed by atoms with van der Waals surface area (Å²) in [5.74, 6) is 0. The highest BCUT2D eigenvalue weighted by molar-refractivity contribution is 7.92. The maximum Gasteiger partial charge on any atom is 0.262 e. The van der Waals surface area contributed by atoms with Crippen molar-refractivity contribution in [2.24, 2.45) is 0 Å². The molecule has 0 aliphatic rings. The Morgan fingerprint density at radius 1 is 0.889 bits per heavy atom. The van der Waals surface area contributed by atoms with E-state index >= 15 is 0 Å². The number of thiazole rings is 1. The third-order valence-corrected chi connectivity index (χ3v) is 7.01. The first-order valence-corrected chi connectivity index (χ1v) is 10.8. The number of nitrogens with one attached hydrogen (secondary N) is 1. The first-order chi connectivity index (χ1) is 12.9. The van der Waals surface area contributed by atoms with E-state index in [-0.39, 0.29) is 0 Å². The number of para-hydroxylation sites is 1. The van der Waals surface area contributed by atoms with Crippen LogP contribution in [0.2, 0.25) is 0 Å². The van der Waals surface area contributed by atoms with Gasteiger partial charge in [0.1, 0.15) is 5.01 Å². The predicted molar refractivity (Wildman–Crippen MR) is 112 cm³/mol. The van der Waals surface area contributed by atoms with Crippen molar-refractivity contribution in [1.29, 1.82) is 0 Å². The molecule has 0 aliphatic carbocycles. The van der Waals surface area contributed by atoms with Gasteiger partial charge in [-0.2, -0.15) is 0 Å². The third kappa shape index (κ3) is 3.46. The summed E-state index contributed by atoms with van der Waals surface area (Å²) in [6.07, 6.45) is 0. The van der Waals surface area contributed by atoms with E-state index in [0.717, 1.165) is 26.4 Å². The molecule has 0 bridgehead atoms. The van der Waals surface area contributed by atoms with Gasteiger partial charge in [0.25, 0.3) is 10.0 Å². The molecule has 6 heteroatoms. The maximum atomic E-state index is 12.7. The Kier molecular flexibility index (Phi) is 4.45. The van der Waals surface area contributed by atoms with Crippen LogP contribution in [0, 0.1) is 13.8 Å². The molecule has 1 aromatic heterocycles. The minimum atomic E-state index is -3.63. The van der Waals surface area contributed by atoms with E-state index in [4.69, 9.17) is 0 Å². The van der Waals surface area contributed by atoms with Gasteiger partial charge in [-0.05, 0) is 61.4 Å². The molecule has 0 aliphatic heterocycles. The first kappa shape index (κ1) is 17.7. The van der Waals surface area contributed by atoms with Gasteiger partial charge in [-0.3, -0.25) is 4.72 Å². The van der Waals surface area contributed by atoms with Crippen molar-refractivity contribution < 1.29 is 8.42 Å². The molecule has 0 amide bonds. The van der Waals surface area contributed by atoms with Crippen molar-refractivity contribution in [2.75, 3.05) is 4.72 Å². The van der Waals surface area contributed by atoms with Crippen LogP contribution in [-0.2, 0) is 10.0 Å². The molecule has 0 unspecified atom stereocenters. The monoisotopic (exact) mass is 394 g/mol. The highest BCUT2D eigenvalue weighted by Gasteiger charge is 2.17. The fraction of sp³-hybridized carbons (Fsp3) is 0.0952. The van der Waals surface area contributed by atoms with Crippen molar-refractivity contribution in [2.45, 2.75) is 18.7 Å². The lowest BCUT2D eigenvalue weighted by Crippen LogP contribution is -2.14. The van der Waals surface area contributed by atoms with E-state index in [2.05, 4.69) is 9.71 Å². The average Bonchev–Trinajstić information content (AvgIpc) is 3.07. The van der Waals surface area contributed by atoms with Crippen LogP contribution in [0.15, 0.2) is 71.6 Å². The molecule has 1 N–H and O–H groups in total. The second-order valence-corrected chi connectivity index (χ2v) is 9.07. The minimum absolute atomic E-state index is 0.291. The fourth-order valence-corrected chi connectivity index (χ4v) is 5.30. The van der Waals surface area contributed by atoms with Crippen LogP contribution in [0.25, 0.3) is 20.8 Å². The summed E-state index contributed by atoms with van der Waals surface area (Å²) in [6, 6.07) is 20.6. The number of aromatic nitrogens is 1. The Hall–Kier alpha value is -2.70. The molecular formula is C21H18N2O2S2. The van der Waals surface area contributed by atoms with E-state index < -0.39 is 10.0 Å². The molecule has 0 fully saturated rings. The van der Waals surface area contributed by atoms with Gasteiger partial charge < -0.3 is 0 Å². The number of nitrogens with zero attached hydrogens (tertiary/aromatic N) is 1. The highest BCUT2D eigenvalue weighted by Crippen LogP contribution is 2.32. The minimum Gasteiger partial charge on any atom is -0.279 e.